The minimum atomic E-state index is -0.539. The molecule has 2 fully saturated rings. The SMILES string of the molecule is CC/C=C\C[C@]12NC(=O)CC1CCC2=O. The zero-order valence-electron chi connectivity index (χ0n) is 9.08. The van der Waals surface area contributed by atoms with Crippen molar-refractivity contribution in [3.05, 3.63) is 12.2 Å². The molecular formula is C12H17NO2. The maximum absolute atomic E-state index is 11.9. The van der Waals surface area contributed by atoms with Gasteiger partial charge in [-0.1, -0.05) is 19.1 Å². The average Bonchev–Trinajstić information content (AvgIpc) is 2.65. The van der Waals surface area contributed by atoms with E-state index in [2.05, 4.69) is 18.3 Å². The van der Waals surface area contributed by atoms with Crippen molar-refractivity contribution >= 4 is 11.7 Å². The number of ketones is 1. The number of amides is 1. The summed E-state index contributed by atoms with van der Waals surface area (Å²) in [4.78, 5) is 23.2. The zero-order chi connectivity index (χ0) is 10.9. The number of hydrogen-bond acceptors (Lipinski definition) is 2. The first-order valence-corrected chi connectivity index (χ1v) is 5.68. The summed E-state index contributed by atoms with van der Waals surface area (Å²) in [7, 11) is 0. The van der Waals surface area contributed by atoms with Crippen molar-refractivity contribution in [3.63, 3.8) is 0 Å². The summed E-state index contributed by atoms with van der Waals surface area (Å²) in [6.45, 7) is 2.06. The molecule has 0 aromatic heterocycles. The predicted octanol–water partition coefficient (Wildman–Crippen LogP) is 1.58. The van der Waals surface area contributed by atoms with E-state index in [4.69, 9.17) is 0 Å². The first-order chi connectivity index (χ1) is 7.19. The standard InChI is InChI=1S/C12H17NO2/c1-2-3-4-7-12-9(5-6-10(12)14)8-11(15)13-12/h3-4,9H,2,5-8H2,1H3,(H,13,15)/b4-3-/t9?,12-/m0/s1. The Morgan fingerprint density at radius 3 is 3.00 bits per heavy atom. The fraction of sp³-hybridized carbons (Fsp3) is 0.667. The second-order valence-corrected chi connectivity index (χ2v) is 4.47. The molecule has 82 valence electrons. The zero-order valence-corrected chi connectivity index (χ0v) is 9.08. The highest BCUT2D eigenvalue weighted by Gasteiger charge is 2.54. The van der Waals surface area contributed by atoms with E-state index in [9.17, 15) is 9.59 Å². The molecule has 0 aromatic rings. The van der Waals surface area contributed by atoms with Gasteiger partial charge >= 0.3 is 0 Å². The van der Waals surface area contributed by atoms with Crippen LogP contribution in [0.2, 0.25) is 0 Å². The molecule has 2 rings (SSSR count). The third-order valence-electron chi connectivity index (χ3n) is 3.55. The minimum Gasteiger partial charge on any atom is -0.343 e. The Hall–Kier alpha value is -1.12. The fourth-order valence-corrected chi connectivity index (χ4v) is 2.74. The van der Waals surface area contributed by atoms with Crippen molar-refractivity contribution in [3.8, 4) is 0 Å². The lowest BCUT2D eigenvalue weighted by Crippen LogP contribution is -2.48. The van der Waals surface area contributed by atoms with Gasteiger partial charge in [0.15, 0.2) is 5.78 Å². The number of Topliss-reactive ketones (excluding diaryl/α,β-unsaturated/α-hetero) is 1. The van der Waals surface area contributed by atoms with Crippen molar-refractivity contribution in [1.82, 2.24) is 5.32 Å². The van der Waals surface area contributed by atoms with E-state index in [1.807, 2.05) is 6.08 Å². The van der Waals surface area contributed by atoms with Crippen molar-refractivity contribution in [2.45, 2.75) is 44.6 Å². The predicted molar refractivity (Wildman–Crippen MR) is 57.3 cm³/mol. The minimum absolute atomic E-state index is 0.0398. The number of carbonyl (C=O) groups is 2. The third-order valence-corrected chi connectivity index (χ3v) is 3.55. The highest BCUT2D eigenvalue weighted by Crippen LogP contribution is 2.41. The second-order valence-electron chi connectivity index (χ2n) is 4.47. The van der Waals surface area contributed by atoms with Crippen LogP contribution in [-0.4, -0.2) is 17.2 Å². The summed E-state index contributed by atoms with van der Waals surface area (Å²) < 4.78 is 0. The molecule has 0 bridgehead atoms. The molecule has 2 atom stereocenters. The number of fused-ring (bicyclic) bond motifs is 1. The van der Waals surface area contributed by atoms with Crippen LogP contribution in [0.25, 0.3) is 0 Å². The van der Waals surface area contributed by atoms with Gasteiger partial charge in [0.05, 0.1) is 0 Å². The fourth-order valence-electron chi connectivity index (χ4n) is 2.74. The van der Waals surface area contributed by atoms with E-state index in [1.54, 1.807) is 0 Å². The maximum atomic E-state index is 11.9. The summed E-state index contributed by atoms with van der Waals surface area (Å²) >= 11 is 0. The van der Waals surface area contributed by atoms with Crippen LogP contribution in [0.1, 0.15) is 39.0 Å². The van der Waals surface area contributed by atoms with Gasteiger partial charge in [-0.2, -0.15) is 0 Å². The van der Waals surface area contributed by atoms with Crippen LogP contribution >= 0.6 is 0 Å². The summed E-state index contributed by atoms with van der Waals surface area (Å²) in [5, 5.41) is 2.90. The van der Waals surface area contributed by atoms with E-state index in [0.717, 1.165) is 12.8 Å². The third kappa shape index (κ3) is 1.60. The molecule has 0 aromatic carbocycles. The largest absolute Gasteiger partial charge is 0.343 e. The summed E-state index contributed by atoms with van der Waals surface area (Å²) in [5.41, 5.74) is -0.539. The van der Waals surface area contributed by atoms with Crippen LogP contribution < -0.4 is 5.32 Å². The van der Waals surface area contributed by atoms with Gasteiger partial charge in [-0.3, -0.25) is 9.59 Å². The van der Waals surface area contributed by atoms with Crippen LogP contribution in [0.4, 0.5) is 0 Å². The van der Waals surface area contributed by atoms with Crippen LogP contribution in [0, 0.1) is 5.92 Å². The van der Waals surface area contributed by atoms with Crippen molar-refractivity contribution < 1.29 is 9.59 Å². The quantitative estimate of drug-likeness (QED) is 0.714. The Morgan fingerprint density at radius 1 is 1.47 bits per heavy atom. The number of rotatable bonds is 3. The maximum Gasteiger partial charge on any atom is 0.221 e. The molecule has 15 heavy (non-hydrogen) atoms. The Morgan fingerprint density at radius 2 is 2.27 bits per heavy atom. The topological polar surface area (TPSA) is 46.2 Å². The van der Waals surface area contributed by atoms with Crippen molar-refractivity contribution in [2.24, 2.45) is 5.92 Å². The molecule has 1 N–H and O–H groups in total. The molecule has 3 heteroatoms. The first kappa shape index (κ1) is 10.4. The highest BCUT2D eigenvalue weighted by molar-refractivity contribution is 5.98. The second kappa shape index (κ2) is 3.80. The summed E-state index contributed by atoms with van der Waals surface area (Å²) in [5.74, 6) is 0.496. The van der Waals surface area contributed by atoms with Crippen molar-refractivity contribution in [2.75, 3.05) is 0 Å². The first-order valence-electron chi connectivity index (χ1n) is 5.68. The molecule has 1 saturated carbocycles. The number of nitrogens with one attached hydrogen (secondary N) is 1. The number of hydrogen-bond donors (Lipinski definition) is 1. The van der Waals surface area contributed by atoms with Crippen molar-refractivity contribution in [1.29, 1.82) is 0 Å². The molecule has 2 aliphatic rings. The summed E-state index contributed by atoms with van der Waals surface area (Å²) in [6.07, 6.45) is 7.77. The van der Waals surface area contributed by atoms with Gasteiger partial charge in [0.25, 0.3) is 0 Å². The van der Waals surface area contributed by atoms with E-state index in [1.165, 1.54) is 0 Å². The molecule has 0 radical (unpaired) electrons. The van der Waals surface area contributed by atoms with Gasteiger partial charge in [0.1, 0.15) is 5.54 Å². The smallest absolute Gasteiger partial charge is 0.221 e. The van der Waals surface area contributed by atoms with Gasteiger partial charge in [-0.15, -0.1) is 0 Å². The van der Waals surface area contributed by atoms with E-state index in [0.29, 0.717) is 19.3 Å². The number of carbonyl (C=O) groups excluding carboxylic acids is 2. The molecule has 3 nitrogen and oxygen atoms in total. The van der Waals surface area contributed by atoms with E-state index >= 15 is 0 Å². The van der Waals surface area contributed by atoms with E-state index < -0.39 is 5.54 Å². The highest BCUT2D eigenvalue weighted by atomic mass is 16.2. The molecule has 1 saturated heterocycles. The van der Waals surface area contributed by atoms with Gasteiger partial charge in [0, 0.05) is 12.8 Å². The van der Waals surface area contributed by atoms with Crippen LogP contribution in [-0.2, 0) is 9.59 Å². The number of allylic oxidation sites excluding steroid dienone is 1. The Labute approximate surface area is 89.9 Å². The average molecular weight is 207 g/mol. The molecule has 1 aliphatic heterocycles. The molecule has 0 spiro atoms. The van der Waals surface area contributed by atoms with Crippen LogP contribution in [0.5, 0.6) is 0 Å². The van der Waals surface area contributed by atoms with Gasteiger partial charge < -0.3 is 5.32 Å². The lowest BCUT2D eigenvalue weighted by molar-refractivity contribution is -0.127. The molecule has 1 amide bonds. The van der Waals surface area contributed by atoms with Gasteiger partial charge in [-0.25, -0.2) is 0 Å². The molecular weight excluding hydrogens is 190 g/mol. The molecule has 1 unspecified atom stereocenters. The Balaban J connectivity index is 2.17. The monoisotopic (exact) mass is 207 g/mol. The van der Waals surface area contributed by atoms with Crippen LogP contribution in [0.3, 0.4) is 0 Å². The van der Waals surface area contributed by atoms with Crippen LogP contribution in [0.15, 0.2) is 12.2 Å². The Kier molecular flexibility index (Phi) is 2.63. The van der Waals surface area contributed by atoms with E-state index in [-0.39, 0.29) is 17.6 Å². The lowest BCUT2D eigenvalue weighted by atomic mass is 9.85. The van der Waals surface area contributed by atoms with Gasteiger partial charge in [-0.05, 0) is 25.2 Å². The normalized spacial score (nSPS) is 34.9. The lowest BCUT2D eigenvalue weighted by Gasteiger charge is -2.25. The molecule has 1 heterocycles. The van der Waals surface area contributed by atoms with Gasteiger partial charge in [0.2, 0.25) is 5.91 Å². The summed E-state index contributed by atoms with van der Waals surface area (Å²) in [6, 6.07) is 0. The Bertz CT molecular complexity index is 322. The molecule has 1 aliphatic carbocycles.